The van der Waals surface area contributed by atoms with Crippen LogP contribution < -0.4 is 4.90 Å². The molecule has 1 atom stereocenters. The molecule has 0 spiro atoms. The summed E-state index contributed by atoms with van der Waals surface area (Å²) in [4.78, 5) is 26.0. The number of hydrogen-bond donors (Lipinski definition) is 0. The fourth-order valence-electron chi connectivity index (χ4n) is 4.48. The first-order chi connectivity index (χ1) is 13.7. The lowest BCUT2D eigenvalue weighted by atomic mass is 9.90. The number of aromatic nitrogens is 2. The van der Waals surface area contributed by atoms with Crippen LogP contribution in [-0.2, 0) is 6.42 Å². The van der Waals surface area contributed by atoms with Gasteiger partial charge in [0.2, 0.25) is 0 Å². The molecule has 2 aliphatic heterocycles. The number of amides is 1. The number of carbonyl (C=O) groups is 1. The maximum Gasteiger partial charge on any atom is 0.272 e. The molecular weight excluding hydrogens is 348 g/mol. The zero-order valence-corrected chi connectivity index (χ0v) is 16.8. The SMILES string of the molecule is CC1CCCN(c2cc(C(=O)N3CCC(Cc4ccccc4)CC3)ncn2)C1. The Bertz CT molecular complexity index is 786. The number of carbonyl (C=O) groups excluding carboxylic acids is 1. The molecule has 2 aliphatic rings. The van der Waals surface area contributed by atoms with E-state index in [1.54, 1.807) is 6.33 Å². The van der Waals surface area contributed by atoms with Crippen molar-refractivity contribution >= 4 is 11.7 Å². The number of anilines is 1. The first-order valence-corrected chi connectivity index (χ1v) is 10.6. The molecule has 0 N–H and O–H groups in total. The summed E-state index contributed by atoms with van der Waals surface area (Å²) in [6.07, 6.45) is 7.22. The summed E-state index contributed by atoms with van der Waals surface area (Å²) in [6.45, 7) is 5.93. The second-order valence-electron chi connectivity index (χ2n) is 8.38. The van der Waals surface area contributed by atoms with Crippen LogP contribution in [0.5, 0.6) is 0 Å². The van der Waals surface area contributed by atoms with Gasteiger partial charge in [-0.25, -0.2) is 9.97 Å². The molecule has 2 aromatic rings. The van der Waals surface area contributed by atoms with Crippen LogP contribution in [0.1, 0.15) is 48.7 Å². The Morgan fingerprint density at radius 1 is 1.07 bits per heavy atom. The van der Waals surface area contributed by atoms with E-state index in [2.05, 4.69) is 52.1 Å². The van der Waals surface area contributed by atoms with Gasteiger partial charge in [-0.1, -0.05) is 37.3 Å². The van der Waals surface area contributed by atoms with E-state index in [4.69, 9.17) is 0 Å². The van der Waals surface area contributed by atoms with Gasteiger partial charge >= 0.3 is 0 Å². The van der Waals surface area contributed by atoms with Crippen LogP contribution >= 0.6 is 0 Å². The first kappa shape index (κ1) is 18.9. The Balaban J connectivity index is 1.35. The Morgan fingerprint density at radius 2 is 1.86 bits per heavy atom. The van der Waals surface area contributed by atoms with E-state index in [-0.39, 0.29) is 5.91 Å². The number of hydrogen-bond acceptors (Lipinski definition) is 4. The topological polar surface area (TPSA) is 49.3 Å². The quantitative estimate of drug-likeness (QED) is 0.812. The van der Waals surface area contributed by atoms with Crippen molar-refractivity contribution in [1.29, 1.82) is 0 Å². The summed E-state index contributed by atoms with van der Waals surface area (Å²) in [5.41, 5.74) is 1.92. The van der Waals surface area contributed by atoms with E-state index in [1.165, 1.54) is 18.4 Å². The lowest BCUT2D eigenvalue weighted by molar-refractivity contribution is 0.0684. The molecule has 0 saturated carbocycles. The van der Waals surface area contributed by atoms with E-state index in [0.717, 1.165) is 51.3 Å². The summed E-state index contributed by atoms with van der Waals surface area (Å²) in [7, 11) is 0. The third kappa shape index (κ3) is 4.51. The minimum atomic E-state index is 0.0480. The van der Waals surface area contributed by atoms with Crippen molar-refractivity contribution in [3.8, 4) is 0 Å². The molecule has 1 unspecified atom stereocenters. The van der Waals surface area contributed by atoms with Crippen molar-refractivity contribution < 1.29 is 4.79 Å². The minimum Gasteiger partial charge on any atom is -0.356 e. The van der Waals surface area contributed by atoms with E-state index in [1.807, 2.05) is 11.0 Å². The molecule has 148 valence electrons. The van der Waals surface area contributed by atoms with Gasteiger partial charge in [0.05, 0.1) is 0 Å². The second kappa shape index (κ2) is 8.72. The Kier molecular flexibility index (Phi) is 5.89. The third-order valence-electron chi connectivity index (χ3n) is 6.12. The fraction of sp³-hybridized carbons (Fsp3) is 0.522. The Morgan fingerprint density at radius 3 is 2.61 bits per heavy atom. The van der Waals surface area contributed by atoms with Gasteiger partial charge in [0.1, 0.15) is 17.8 Å². The predicted octanol–water partition coefficient (Wildman–Crippen LogP) is 3.81. The fourth-order valence-corrected chi connectivity index (χ4v) is 4.48. The van der Waals surface area contributed by atoms with E-state index in [0.29, 0.717) is 17.5 Å². The lowest BCUT2D eigenvalue weighted by Gasteiger charge is -2.33. The molecule has 28 heavy (non-hydrogen) atoms. The molecule has 1 aromatic heterocycles. The van der Waals surface area contributed by atoms with Gasteiger partial charge < -0.3 is 9.80 Å². The average molecular weight is 379 g/mol. The van der Waals surface area contributed by atoms with Crippen LogP contribution in [0.2, 0.25) is 0 Å². The molecule has 0 aliphatic carbocycles. The van der Waals surface area contributed by atoms with Crippen LogP contribution in [0.15, 0.2) is 42.7 Å². The molecule has 3 heterocycles. The van der Waals surface area contributed by atoms with Crippen molar-refractivity contribution in [2.45, 2.75) is 39.0 Å². The highest BCUT2D eigenvalue weighted by molar-refractivity contribution is 5.93. The maximum atomic E-state index is 13.0. The van der Waals surface area contributed by atoms with Gasteiger partial charge in [-0.05, 0) is 49.5 Å². The van der Waals surface area contributed by atoms with Crippen molar-refractivity contribution in [3.63, 3.8) is 0 Å². The molecule has 4 rings (SSSR count). The van der Waals surface area contributed by atoms with Crippen molar-refractivity contribution in [2.75, 3.05) is 31.1 Å². The van der Waals surface area contributed by atoms with Crippen LogP contribution in [0.3, 0.4) is 0 Å². The molecular formula is C23H30N4O. The van der Waals surface area contributed by atoms with Gasteiger partial charge in [-0.3, -0.25) is 4.79 Å². The largest absolute Gasteiger partial charge is 0.356 e. The Labute approximate surface area is 167 Å². The Hall–Kier alpha value is -2.43. The number of nitrogens with zero attached hydrogens (tertiary/aromatic N) is 4. The molecule has 2 saturated heterocycles. The van der Waals surface area contributed by atoms with Crippen LogP contribution in [0, 0.1) is 11.8 Å². The van der Waals surface area contributed by atoms with Crippen LogP contribution in [-0.4, -0.2) is 47.0 Å². The first-order valence-electron chi connectivity index (χ1n) is 10.6. The summed E-state index contributed by atoms with van der Waals surface area (Å²) in [6, 6.07) is 12.5. The molecule has 0 radical (unpaired) electrons. The summed E-state index contributed by atoms with van der Waals surface area (Å²) >= 11 is 0. The third-order valence-corrected chi connectivity index (χ3v) is 6.12. The molecule has 5 heteroatoms. The van der Waals surface area contributed by atoms with Crippen LogP contribution in [0.4, 0.5) is 5.82 Å². The standard InChI is InChI=1S/C23H30N4O/c1-18-6-5-11-27(16-18)22-15-21(24-17-25-22)23(28)26-12-9-20(10-13-26)14-19-7-3-2-4-8-19/h2-4,7-8,15,17-18,20H,5-6,9-14,16H2,1H3. The predicted molar refractivity (Wildman–Crippen MR) is 111 cm³/mol. The highest BCUT2D eigenvalue weighted by Gasteiger charge is 2.25. The van der Waals surface area contributed by atoms with Crippen molar-refractivity contribution in [1.82, 2.24) is 14.9 Å². The number of piperidine rings is 2. The normalized spacial score (nSPS) is 21.0. The minimum absolute atomic E-state index is 0.0480. The van der Waals surface area contributed by atoms with Gasteiger partial charge in [-0.15, -0.1) is 0 Å². The zero-order chi connectivity index (χ0) is 19.3. The van der Waals surface area contributed by atoms with Crippen LogP contribution in [0.25, 0.3) is 0 Å². The monoisotopic (exact) mass is 378 g/mol. The lowest BCUT2D eigenvalue weighted by Crippen LogP contribution is -2.39. The molecule has 1 amide bonds. The van der Waals surface area contributed by atoms with Gasteiger partial charge in [0, 0.05) is 32.2 Å². The van der Waals surface area contributed by atoms with Gasteiger partial charge in [0.15, 0.2) is 0 Å². The van der Waals surface area contributed by atoms with Crippen molar-refractivity contribution in [2.24, 2.45) is 11.8 Å². The van der Waals surface area contributed by atoms with Crippen molar-refractivity contribution in [3.05, 3.63) is 54.0 Å². The van der Waals surface area contributed by atoms with E-state index < -0.39 is 0 Å². The summed E-state index contributed by atoms with van der Waals surface area (Å²) in [5.74, 6) is 2.27. The highest BCUT2D eigenvalue weighted by atomic mass is 16.2. The maximum absolute atomic E-state index is 13.0. The average Bonchev–Trinajstić information content (AvgIpc) is 2.75. The van der Waals surface area contributed by atoms with E-state index >= 15 is 0 Å². The number of likely N-dealkylation sites (tertiary alicyclic amines) is 1. The smallest absolute Gasteiger partial charge is 0.272 e. The molecule has 1 aromatic carbocycles. The van der Waals surface area contributed by atoms with Gasteiger partial charge in [-0.2, -0.15) is 0 Å². The zero-order valence-electron chi connectivity index (χ0n) is 16.8. The highest BCUT2D eigenvalue weighted by Crippen LogP contribution is 2.24. The molecule has 2 fully saturated rings. The summed E-state index contributed by atoms with van der Waals surface area (Å²) in [5, 5.41) is 0. The van der Waals surface area contributed by atoms with Gasteiger partial charge in [0.25, 0.3) is 5.91 Å². The summed E-state index contributed by atoms with van der Waals surface area (Å²) < 4.78 is 0. The number of benzene rings is 1. The molecule has 5 nitrogen and oxygen atoms in total. The van der Waals surface area contributed by atoms with E-state index in [9.17, 15) is 4.79 Å². The number of rotatable bonds is 4. The molecule has 0 bridgehead atoms. The second-order valence-corrected chi connectivity index (χ2v) is 8.38.